The minimum absolute atomic E-state index is 0.918. The molecule has 0 unspecified atom stereocenters. The van der Waals surface area contributed by atoms with E-state index in [0.717, 1.165) is 72.5 Å². The third-order valence-electron chi connectivity index (χ3n) is 7.02. The summed E-state index contributed by atoms with van der Waals surface area (Å²) in [6, 6.07) is 38.0. The van der Waals surface area contributed by atoms with Gasteiger partial charge in [-0.3, -0.25) is 15.0 Å². The third kappa shape index (κ3) is 5.65. The summed E-state index contributed by atoms with van der Waals surface area (Å²) < 4.78 is 0. The number of aromatic nitrogens is 3. The Balaban J connectivity index is 1.17. The van der Waals surface area contributed by atoms with E-state index in [0.29, 0.717) is 0 Å². The van der Waals surface area contributed by atoms with Gasteiger partial charge < -0.3 is 4.90 Å². The van der Waals surface area contributed by atoms with Gasteiger partial charge in [0.1, 0.15) is 0 Å². The monoisotopic (exact) mass is 482 g/mol. The molecule has 0 fully saturated rings. The lowest BCUT2D eigenvalue weighted by Gasteiger charge is -2.22. The molecule has 0 amide bonds. The zero-order chi connectivity index (χ0) is 24.9. The summed E-state index contributed by atoms with van der Waals surface area (Å²) in [7, 11) is 0. The largest absolute Gasteiger partial charge is 0.302 e. The maximum absolute atomic E-state index is 4.90. The maximum Gasteiger partial charge on any atom is 0.0705 e. The van der Waals surface area contributed by atoms with Crippen LogP contribution in [0.4, 0.5) is 0 Å². The van der Waals surface area contributed by atoms with Gasteiger partial charge in [-0.15, -0.1) is 0 Å². The van der Waals surface area contributed by atoms with Crippen LogP contribution >= 0.6 is 0 Å². The fourth-order valence-electron chi connectivity index (χ4n) is 4.90. The second-order valence-electron chi connectivity index (χ2n) is 9.58. The van der Waals surface area contributed by atoms with Gasteiger partial charge in [0, 0.05) is 72.1 Å². The van der Waals surface area contributed by atoms with E-state index >= 15 is 0 Å². The molecule has 3 aromatic heterocycles. The summed E-state index contributed by atoms with van der Waals surface area (Å²) in [5, 5.41) is 3.56. The molecule has 4 heteroatoms. The third-order valence-corrected chi connectivity index (χ3v) is 7.02. The van der Waals surface area contributed by atoms with E-state index in [2.05, 4.69) is 114 Å². The minimum Gasteiger partial charge on any atom is -0.302 e. The van der Waals surface area contributed by atoms with Crippen molar-refractivity contribution < 1.29 is 0 Å². The highest BCUT2D eigenvalue weighted by Gasteiger charge is 2.10. The number of fused-ring (bicyclic) bond motifs is 3. The molecule has 0 aliphatic heterocycles. The molecule has 0 radical (unpaired) electrons. The predicted octanol–water partition coefficient (Wildman–Crippen LogP) is 6.66. The Morgan fingerprint density at radius 2 is 0.703 bits per heavy atom. The van der Waals surface area contributed by atoms with Crippen LogP contribution in [0.3, 0.4) is 0 Å². The Labute approximate surface area is 217 Å². The average Bonchev–Trinajstić information content (AvgIpc) is 2.96. The summed E-state index contributed by atoms with van der Waals surface area (Å²) >= 11 is 0. The molecular formula is C33H30N4. The molecule has 0 atom stereocenters. The van der Waals surface area contributed by atoms with Gasteiger partial charge in [-0.2, -0.15) is 0 Å². The van der Waals surface area contributed by atoms with Crippen LogP contribution in [-0.2, 0) is 19.3 Å². The van der Waals surface area contributed by atoms with Crippen molar-refractivity contribution in [2.45, 2.75) is 19.3 Å². The number of nitrogens with zero attached hydrogens (tertiary/aromatic N) is 4. The fourth-order valence-corrected chi connectivity index (χ4v) is 4.90. The Kier molecular flexibility index (Phi) is 6.82. The Morgan fingerprint density at radius 1 is 0.378 bits per heavy atom. The number of benzene rings is 3. The molecule has 0 spiro atoms. The smallest absolute Gasteiger partial charge is 0.0705 e. The van der Waals surface area contributed by atoms with Crippen molar-refractivity contribution in [2.75, 3.05) is 19.6 Å². The Morgan fingerprint density at radius 3 is 1.05 bits per heavy atom. The summed E-state index contributed by atoms with van der Waals surface area (Å²) in [6.07, 6.45) is 2.75. The van der Waals surface area contributed by atoms with Gasteiger partial charge in [-0.1, -0.05) is 72.8 Å². The molecule has 0 bridgehead atoms. The highest BCUT2D eigenvalue weighted by atomic mass is 15.1. The van der Waals surface area contributed by atoms with E-state index in [1.165, 1.54) is 16.2 Å². The summed E-state index contributed by atoms with van der Waals surface area (Å²) in [5.74, 6) is 0. The highest BCUT2D eigenvalue weighted by molar-refractivity contribution is 5.79. The lowest BCUT2D eigenvalue weighted by Crippen LogP contribution is -2.31. The van der Waals surface area contributed by atoms with Crippen LogP contribution in [0.1, 0.15) is 17.1 Å². The first-order valence-electron chi connectivity index (χ1n) is 13.1. The lowest BCUT2D eigenvalue weighted by molar-refractivity contribution is 0.281. The molecule has 6 rings (SSSR count). The van der Waals surface area contributed by atoms with Crippen LogP contribution in [0.2, 0.25) is 0 Å². The van der Waals surface area contributed by atoms with Crippen molar-refractivity contribution in [3.8, 4) is 0 Å². The quantitative estimate of drug-likeness (QED) is 0.231. The molecule has 0 saturated heterocycles. The summed E-state index contributed by atoms with van der Waals surface area (Å²) in [5.41, 5.74) is 6.59. The molecular weight excluding hydrogens is 452 g/mol. The topological polar surface area (TPSA) is 41.9 Å². The first-order valence-corrected chi connectivity index (χ1v) is 13.1. The highest BCUT2D eigenvalue weighted by Crippen LogP contribution is 2.16. The number of rotatable bonds is 9. The Bertz CT molecular complexity index is 1460. The first-order chi connectivity index (χ1) is 18.3. The summed E-state index contributed by atoms with van der Waals surface area (Å²) in [6.45, 7) is 2.85. The number of hydrogen-bond acceptors (Lipinski definition) is 4. The van der Waals surface area contributed by atoms with Crippen molar-refractivity contribution in [2.24, 2.45) is 0 Å². The molecule has 3 aromatic carbocycles. The number of hydrogen-bond donors (Lipinski definition) is 0. The van der Waals surface area contributed by atoms with Gasteiger partial charge in [-0.05, 0) is 36.4 Å². The van der Waals surface area contributed by atoms with E-state index in [1.54, 1.807) is 0 Å². The van der Waals surface area contributed by atoms with E-state index < -0.39 is 0 Å². The molecule has 0 saturated carbocycles. The van der Waals surface area contributed by atoms with Crippen LogP contribution in [-0.4, -0.2) is 39.5 Å². The van der Waals surface area contributed by atoms with Crippen molar-refractivity contribution >= 4 is 32.7 Å². The zero-order valence-electron chi connectivity index (χ0n) is 20.9. The molecule has 0 aliphatic rings. The first kappa shape index (κ1) is 23.3. The van der Waals surface area contributed by atoms with E-state index in [1.807, 2.05) is 0 Å². The van der Waals surface area contributed by atoms with Gasteiger partial charge in [0.15, 0.2) is 0 Å². The fraction of sp³-hybridized carbons (Fsp3) is 0.182. The van der Waals surface area contributed by atoms with E-state index in [9.17, 15) is 0 Å². The second kappa shape index (κ2) is 10.9. The van der Waals surface area contributed by atoms with E-state index in [-0.39, 0.29) is 0 Å². The maximum atomic E-state index is 4.90. The van der Waals surface area contributed by atoms with Crippen LogP contribution in [0.15, 0.2) is 109 Å². The van der Waals surface area contributed by atoms with Gasteiger partial charge in [-0.25, -0.2) is 0 Å². The molecule has 0 N–H and O–H groups in total. The molecule has 37 heavy (non-hydrogen) atoms. The van der Waals surface area contributed by atoms with E-state index in [4.69, 9.17) is 15.0 Å². The van der Waals surface area contributed by atoms with Crippen LogP contribution < -0.4 is 0 Å². The molecule has 182 valence electrons. The van der Waals surface area contributed by atoms with Crippen molar-refractivity contribution in [3.63, 3.8) is 0 Å². The summed E-state index contributed by atoms with van der Waals surface area (Å²) in [4.78, 5) is 17.2. The minimum atomic E-state index is 0.918. The zero-order valence-corrected chi connectivity index (χ0v) is 20.9. The van der Waals surface area contributed by atoms with Crippen molar-refractivity contribution in [1.82, 2.24) is 19.9 Å². The van der Waals surface area contributed by atoms with Crippen LogP contribution in [0.25, 0.3) is 32.7 Å². The lowest BCUT2D eigenvalue weighted by atomic mass is 10.1. The molecule has 4 nitrogen and oxygen atoms in total. The van der Waals surface area contributed by atoms with Gasteiger partial charge in [0.25, 0.3) is 0 Å². The van der Waals surface area contributed by atoms with Gasteiger partial charge in [0.2, 0.25) is 0 Å². The second-order valence-corrected chi connectivity index (χ2v) is 9.58. The normalized spacial score (nSPS) is 11.6. The van der Waals surface area contributed by atoms with Crippen molar-refractivity contribution in [1.29, 1.82) is 0 Å². The predicted molar refractivity (Wildman–Crippen MR) is 153 cm³/mol. The van der Waals surface area contributed by atoms with Crippen molar-refractivity contribution in [3.05, 3.63) is 126 Å². The van der Waals surface area contributed by atoms with Gasteiger partial charge >= 0.3 is 0 Å². The van der Waals surface area contributed by atoms with Gasteiger partial charge in [0.05, 0.1) is 16.6 Å². The SMILES string of the molecule is c1ccc2nc(CCN(CCc3ccc4ccccc4n3)CCc3ccc4ccccc4n3)ccc2c1. The Hall–Kier alpha value is -4.15. The number of pyridine rings is 3. The van der Waals surface area contributed by atoms with Crippen LogP contribution in [0.5, 0.6) is 0 Å². The molecule has 0 aliphatic carbocycles. The standard InChI is InChI=1S/C33H30N4/c1-4-10-31-25(7-1)13-16-28(34-31)19-22-37(23-20-29-17-14-26-8-2-5-11-32(26)35-29)24-21-30-18-15-27-9-3-6-12-33(27)36-30/h1-18H,19-24H2. The average molecular weight is 483 g/mol. The molecule has 3 heterocycles. The molecule has 6 aromatic rings. The van der Waals surface area contributed by atoms with Crippen LogP contribution in [0, 0.1) is 0 Å². The number of para-hydroxylation sites is 3.